The van der Waals surface area contributed by atoms with Crippen molar-refractivity contribution >= 4 is 11.8 Å². The molecular weight excluding hydrogens is 309 g/mol. The Balaban J connectivity index is 1.91. The highest BCUT2D eigenvalue weighted by atomic mass is 19.1. The largest absolute Gasteiger partial charge is 0.444 e. The van der Waals surface area contributed by atoms with Crippen molar-refractivity contribution in [2.45, 2.75) is 64.1 Å². The summed E-state index contributed by atoms with van der Waals surface area (Å²) in [5, 5.41) is 14.8. The van der Waals surface area contributed by atoms with E-state index < -0.39 is 17.5 Å². The number of carbonyl (C=O) groups excluding carboxylic acids is 1. The van der Waals surface area contributed by atoms with Crippen LogP contribution in [0.25, 0.3) is 0 Å². The molecule has 2 N–H and O–H groups in total. The van der Waals surface area contributed by atoms with Crippen molar-refractivity contribution in [2.24, 2.45) is 0 Å². The molecule has 0 radical (unpaired) electrons. The molecule has 0 aromatic heterocycles. The highest BCUT2D eigenvalue weighted by Crippen LogP contribution is 2.24. The minimum absolute atomic E-state index is 0.00698. The molecule has 1 aromatic carbocycles. The summed E-state index contributed by atoms with van der Waals surface area (Å²) in [5.41, 5.74) is 0.158. The maximum Gasteiger partial charge on any atom is 0.407 e. The van der Waals surface area contributed by atoms with Gasteiger partial charge in [0.1, 0.15) is 11.4 Å². The fraction of sp³-hybridized carbons (Fsp3) is 0.556. The molecule has 0 aliphatic heterocycles. The first kappa shape index (κ1) is 18.1. The molecule has 0 saturated heterocycles. The van der Waals surface area contributed by atoms with Gasteiger partial charge in [-0.2, -0.15) is 5.26 Å². The number of alkyl carbamates (subject to hydrolysis) is 1. The van der Waals surface area contributed by atoms with E-state index in [4.69, 9.17) is 10.00 Å². The van der Waals surface area contributed by atoms with E-state index in [0.29, 0.717) is 17.7 Å². The van der Waals surface area contributed by atoms with Gasteiger partial charge in [-0.3, -0.25) is 0 Å². The third kappa shape index (κ3) is 5.41. The number of amides is 1. The maximum atomic E-state index is 14.0. The Morgan fingerprint density at radius 2 is 2.04 bits per heavy atom. The van der Waals surface area contributed by atoms with Crippen LogP contribution in [0.5, 0.6) is 0 Å². The number of nitrogens with zero attached hydrogens (tertiary/aromatic N) is 1. The Labute approximate surface area is 142 Å². The second-order valence-electron chi connectivity index (χ2n) is 7.16. The van der Waals surface area contributed by atoms with E-state index in [2.05, 4.69) is 10.6 Å². The van der Waals surface area contributed by atoms with E-state index in [1.165, 1.54) is 6.07 Å². The van der Waals surface area contributed by atoms with E-state index in [9.17, 15) is 9.18 Å². The third-order valence-electron chi connectivity index (χ3n) is 3.85. The lowest BCUT2D eigenvalue weighted by Crippen LogP contribution is -2.43. The first-order valence-corrected chi connectivity index (χ1v) is 8.22. The number of ether oxygens (including phenoxy) is 1. The number of nitriles is 1. The molecule has 1 amide bonds. The molecule has 2 unspecified atom stereocenters. The van der Waals surface area contributed by atoms with Crippen LogP contribution in [0.3, 0.4) is 0 Å². The summed E-state index contributed by atoms with van der Waals surface area (Å²) in [4.78, 5) is 11.9. The summed E-state index contributed by atoms with van der Waals surface area (Å²) in [5.74, 6) is -0.434. The Bertz CT molecular complexity index is 634. The molecular formula is C18H24FN3O2. The quantitative estimate of drug-likeness (QED) is 0.878. The Kier molecular flexibility index (Phi) is 5.66. The zero-order valence-electron chi connectivity index (χ0n) is 14.4. The Hall–Kier alpha value is -2.29. The van der Waals surface area contributed by atoms with Gasteiger partial charge in [-0.1, -0.05) is 0 Å². The predicted octanol–water partition coefficient (Wildman–Crippen LogP) is 3.95. The number of anilines is 1. The zero-order chi connectivity index (χ0) is 17.7. The number of rotatable bonds is 3. The van der Waals surface area contributed by atoms with Gasteiger partial charge < -0.3 is 15.4 Å². The fourth-order valence-corrected chi connectivity index (χ4v) is 2.85. The molecule has 130 valence electrons. The average molecular weight is 333 g/mol. The van der Waals surface area contributed by atoms with E-state index in [0.717, 1.165) is 19.3 Å². The molecule has 0 bridgehead atoms. The van der Waals surface area contributed by atoms with Crippen molar-refractivity contribution in [1.29, 1.82) is 5.26 Å². The summed E-state index contributed by atoms with van der Waals surface area (Å²) in [6, 6.07) is 6.39. The second kappa shape index (κ2) is 7.52. The van der Waals surface area contributed by atoms with Gasteiger partial charge in [0.2, 0.25) is 0 Å². The standard InChI is InChI=1S/C18H24FN3O2/c1-18(2,3)24-17(23)22-14-6-4-5-13(10-14)21-16-8-7-12(11-20)9-15(16)19/h7-9,13-14,21H,4-6,10H2,1-3H3,(H,22,23). The van der Waals surface area contributed by atoms with E-state index in [1.54, 1.807) is 12.1 Å². The van der Waals surface area contributed by atoms with Crippen molar-refractivity contribution in [2.75, 3.05) is 5.32 Å². The lowest BCUT2D eigenvalue weighted by molar-refractivity contribution is 0.0492. The molecule has 2 atom stereocenters. The van der Waals surface area contributed by atoms with Crippen LogP contribution in [0, 0.1) is 17.1 Å². The van der Waals surface area contributed by atoms with Gasteiger partial charge in [0.15, 0.2) is 0 Å². The van der Waals surface area contributed by atoms with Gasteiger partial charge in [-0.15, -0.1) is 0 Å². The number of benzene rings is 1. The lowest BCUT2D eigenvalue weighted by atomic mass is 9.91. The first-order valence-electron chi connectivity index (χ1n) is 8.22. The van der Waals surface area contributed by atoms with E-state index in [1.807, 2.05) is 26.8 Å². The zero-order valence-corrected chi connectivity index (χ0v) is 14.4. The SMILES string of the molecule is CC(C)(C)OC(=O)NC1CCCC(Nc2ccc(C#N)cc2F)C1. The molecule has 1 aliphatic rings. The minimum Gasteiger partial charge on any atom is -0.444 e. The summed E-state index contributed by atoms with van der Waals surface area (Å²) in [6.07, 6.45) is 3.02. The van der Waals surface area contributed by atoms with Crippen LogP contribution in [0.4, 0.5) is 14.9 Å². The first-order chi connectivity index (χ1) is 11.3. The summed E-state index contributed by atoms with van der Waals surface area (Å²) in [6.45, 7) is 5.47. The van der Waals surface area contributed by atoms with Crippen LogP contribution in [0.15, 0.2) is 18.2 Å². The van der Waals surface area contributed by atoms with Crippen LogP contribution in [-0.2, 0) is 4.74 Å². The van der Waals surface area contributed by atoms with Crippen LogP contribution >= 0.6 is 0 Å². The van der Waals surface area contributed by atoms with Gasteiger partial charge in [0.05, 0.1) is 17.3 Å². The molecule has 0 spiro atoms. The lowest BCUT2D eigenvalue weighted by Gasteiger charge is -2.31. The van der Waals surface area contributed by atoms with Crippen LogP contribution in [0.2, 0.25) is 0 Å². The monoisotopic (exact) mass is 333 g/mol. The van der Waals surface area contributed by atoms with Crippen LogP contribution in [-0.4, -0.2) is 23.8 Å². The van der Waals surface area contributed by atoms with Gasteiger partial charge >= 0.3 is 6.09 Å². The third-order valence-corrected chi connectivity index (χ3v) is 3.85. The number of nitrogens with one attached hydrogen (secondary N) is 2. The summed E-state index contributed by atoms with van der Waals surface area (Å²) >= 11 is 0. The van der Waals surface area contributed by atoms with Crippen molar-refractivity contribution in [1.82, 2.24) is 5.32 Å². The van der Waals surface area contributed by atoms with Crippen LogP contribution in [0.1, 0.15) is 52.0 Å². The molecule has 24 heavy (non-hydrogen) atoms. The minimum atomic E-state index is -0.526. The molecule has 5 nitrogen and oxygen atoms in total. The van der Waals surface area contributed by atoms with Crippen molar-refractivity contribution < 1.29 is 13.9 Å². The van der Waals surface area contributed by atoms with Gasteiger partial charge in [0, 0.05) is 12.1 Å². The second-order valence-corrected chi connectivity index (χ2v) is 7.16. The van der Waals surface area contributed by atoms with Crippen LogP contribution < -0.4 is 10.6 Å². The number of halogens is 1. The normalized spacial score (nSPS) is 20.8. The highest BCUT2D eigenvalue weighted by Gasteiger charge is 2.25. The topological polar surface area (TPSA) is 74.2 Å². The maximum absolute atomic E-state index is 14.0. The van der Waals surface area contributed by atoms with Crippen molar-refractivity contribution in [3.05, 3.63) is 29.6 Å². The summed E-state index contributed by atoms with van der Waals surface area (Å²) in [7, 11) is 0. The van der Waals surface area contributed by atoms with Gasteiger partial charge in [-0.25, -0.2) is 9.18 Å². The molecule has 1 saturated carbocycles. The number of hydrogen-bond acceptors (Lipinski definition) is 4. The number of carbonyl (C=O) groups is 1. The summed E-state index contributed by atoms with van der Waals surface area (Å²) < 4.78 is 19.3. The average Bonchev–Trinajstić information content (AvgIpc) is 2.47. The molecule has 2 rings (SSSR count). The van der Waals surface area contributed by atoms with E-state index >= 15 is 0 Å². The van der Waals surface area contributed by atoms with Gasteiger partial charge in [0.25, 0.3) is 0 Å². The number of hydrogen-bond donors (Lipinski definition) is 2. The smallest absolute Gasteiger partial charge is 0.407 e. The highest BCUT2D eigenvalue weighted by molar-refractivity contribution is 5.68. The Morgan fingerprint density at radius 1 is 1.33 bits per heavy atom. The van der Waals surface area contributed by atoms with E-state index in [-0.39, 0.29) is 12.1 Å². The molecule has 0 heterocycles. The fourth-order valence-electron chi connectivity index (χ4n) is 2.85. The molecule has 6 heteroatoms. The molecule has 1 aliphatic carbocycles. The van der Waals surface area contributed by atoms with Crippen molar-refractivity contribution in [3.8, 4) is 6.07 Å². The predicted molar refractivity (Wildman–Crippen MR) is 90.2 cm³/mol. The molecule has 1 fully saturated rings. The Morgan fingerprint density at radius 3 is 2.67 bits per heavy atom. The van der Waals surface area contributed by atoms with Gasteiger partial charge in [-0.05, 0) is 64.7 Å². The van der Waals surface area contributed by atoms with Crippen molar-refractivity contribution in [3.63, 3.8) is 0 Å². The molecule has 1 aromatic rings.